The molecule has 1 aliphatic carbocycles. The molecule has 0 fully saturated rings. The van der Waals surface area contributed by atoms with Crippen LogP contribution in [0.25, 0.3) is 11.1 Å². The monoisotopic (exact) mass is 721 g/mol. The summed E-state index contributed by atoms with van der Waals surface area (Å²) >= 11 is 0. The number of hydrazine groups is 8. The summed E-state index contributed by atoms with van der Waals surface area (Å²) in [5, 5.41) is 5.85. The fraction of sp³-hybridized carbons (Fsp3) is 0.531. The van der Waals surface area contributed by atoms with Gasteiger partial charge in [-0.3, -0.25) is 9.59 Å². The second-order valence-corrected chi connectivity index (χ2v) is 11.3. The normalized spacial score (nSPS) is 13.0. The summed E-state index contributed by atoms with van der Waals surface area (Å²) in [6.45, 7) is 5.63. The molecule has 1 atom stereocenters. The van der Waals surface area contributed by atoms with Gasteiger partial charge >= 0.3 is 6.09 Å². The molecule has 11 N–H and O–H groups in total. The van der Waals surface area contributed by atoms with Gasteiger partial charge in [-0.2, -0.15) is 38.7 Å². The number of fused-ring (bicyclic) bond motifs is 3. The maximum absolute atomic E-state index is 13.4. The molecule has 0 spiro atoms. The Morgan fingerprint density at radius 2 is 1.51 bits per heavy atom. The molecular formula is C32H52FN11O7. The van der Waals surface area contributed by atoms with Crippen molar-refractivity contribution in [2.24, 2.45) is 0 Å². The Kier molecular flexibility index (Phi) is 20.5. The lowest BCUT2D eigenvalue weighted by Gasteiger charge is -2.16. The van der Waals surface area contributed by atoms with Crippen LogP contribution in [0.4, 0.5) is 9.28 Å². The fourth-order valence-electron chi connectivity index (χ4n) is 5.33. The highest BCUT2D eigenvalue weighted by Gasteiger charge is 2.33. The van der Waals surface area contributed by atoms with Gasteiger partial charge in [-0.05, 0) is 59.6 Å². The van der Waals surface area contributed by atoms with Crippen LogP contribution in [0.15, 0.2) is 36.4 Å². The van der Waals surface area contributed by atoms with Crippen molar-refractivity contribution in [3.63, 3.8) is 0 Å². The number of carbonyl (C=O) groups excluding carboxylic acids is 3. The zero-order valence-electron chi connectivity index (χ0n) is 29.2. The highest BCUT2D eigenvalue weighted by Crippen LogP contribution is 2.47. The first-order valence-electron chi connectivity index (χ1n) is 17.0. The minimum atomic E-state index is -0.772. The number of nitrogens with one attached hydrogen (secondary N) is 11. The summed E-state index contributed by atoms with van der Waals surface area (Å²) in [5.41, 5.74) is 24.3. The van der Waals surface area contributed by atoms with Gasteiger partial charge in [0.1, 0.15) is 6.61 Å². The highest BCUT2D eigenvalue weighted by atomic mass is 19.2. The minimum absolute atomic E-state index is 0.0147. The van der Waals surface area contributed by atoms with Gasteiger partial charge in [-0.25, -0.2) is 10.2 Å². The maximum Gasteiger partial charge on any atom is 0.422 e. The molecule has 3 rings (SSSR count). The Hall–Kier alpha value is -3.86. The van der Waals surface area contributed by atoms with E-state index in [1.54, 1.807) is 13.2 Å². The highest BCUT2D eigenvalue weighted by molar-refractivity contribution is 6.03. The number of unbranched alkanes of at least 4 members (excludes halogenated alkanes) is 1. The third-order valence-electron chi connectivity index (χ3n) is 7.69. The molecule has 2 aromatic carbocycles. The molecule has 19 heteroatoms. The SMILES string of the molecule is CCCCOCCNC(=O)CCCc1ccc2c(c1)C(COC(=O)NNNNNNNNNF)c1cccc(C(=O)NCCOCCCOC)c1-2. The molecule has 1 unspecified atom stereocenters. The molecule has 0 aliphatic heterocycles. The van der Waals surface area contributed by atoms with Crippen LogP contribution in [0.3, 0.4) is 0 Å². The number of rotatable bonds is 28. The van der Waals surface area contributed by atoms with E-state index >= 15 is 0 Å². The predicted octanol–water partition coefficient (Wildman–Crippen LogP) is 0.485. The Labute approximate surface area is 297 Å². The molecule has 0 saturated carbocycles. The van der Waals surface area contributed by atoms with Gasteiger partial charge in [0, 0.05) is 57.9 Å². The third kappa shape index (κ3) is 15.1. The van der Waals surface area contributed by atoms with Crippen molar-refractivity contribution in [2.45, 2.75) is 51.4 Å². The molecule has 3 amide bonds. The van der Waals surface area contributed by atoms with E-state index < -0.39 is 6.09 Å². The predicted molar refractivity (Wildman–Crippen MR) is 186 cm³/mol. The summed E-state index contributed by atoms with van der Waals surface area (Å²) in [6, 6.07) is 11.6. The van der Waals surface area contributed by atoms with Crippen LogP contribution >= 0.6 is 0 Å². The smallest absolute Gasteiger partial charge is 0.422 e. The topological polar surface area (TPSA) is 220 Å². The number of amides is 3. The Balaban J connectivity index is 1.63. The quantitative estimate of drug-likeness (QED) is 0.0327. The number of methoxy groups -OCH3 is 1. The van der Waals surface area contributed by atoms with Crippen LogP contribution in [0, 0.1) is 0 Å². The average molecular weight is 722 g/mol. The molecule has 284 valence electrons. The van der Waals surface area contributed by atoms with E-state index in [9.17, 15) is 18.9 Å². The van der Waals surface area contributed by atoms with Gasteiger partial charge in [-0.1, -0.05) is 49.3 Å². The molecule has 0 bridgehead atoms. The minimum Gasteiger partial charge on any atom is -0.448 e. The summed E-state index contributed by atoms with van der Waals surface area (Å²) in [6.07, 6.45) is 3.76. The molecule has 2 aromatic rings. The van der Waals surface area contributed by atoms with Gasteiger partial charge in [0.05, 0.1) is 13.2 Å². The van der Waals surface area contributed by atoms with Crippen molar-refractivity contribution in [3.8, 4) is 11.1 Å². The number of ether oxygens (including phenoxy) is 4. The molecule has 1 aliphatic rings. The molecular weight excluding hydrogens is 669 g/mol. The molecule has 0 aromatic heterocycles. The zero-order chi connectivity index (χ0) is 36.5. The first-order chi connectivity index (χ1) is 25.0. The van der Waals surface area contributed by atoms with Gasteiger partial charge in [0.15, 0.2) is 0 Å². The van der Waals surface area contributed by atoms with Gasteiger partial charge in [-0.15, -0.1) is 4.48 Å². The van der Waals surface area contributed by atoms with E-state index in [0.29, 0.717) is 70.9 Å². The maximum atomic E-state index is 13.4. The van der Waals surface area contributed by atoms with Crippen molar-refractivity contribution in [1.29, 1.82) is 0 Å². The van der Waals surface area contributed by atoms with E-state index in [2.05, 4.69) is 62.3 Å². The second-order valence-electron chi connectivity index (χ2n) is 11.3. The first-order valence-corrected chi connectivity index (χ1v) is 17.0. The lowest BCUT2D eigenvalue weighted by Crippen LogP contribution is -2.64. The van der Waals surface area contributed by atoms with Crippen molar-refractivity contribution in [3.05, 3.63) is 58.7 Å². The van der Waals surface area contributed by atoms with Crippen LogP contribution in [0.2, 0.25) is 0 Å². The number of hydrogen-bond donors (Lipinski definition) is 11. The van der Waals surface area contributed by atoms with Crippen molar-refractivity contribution >= 4 is 17.9 Å². The summed E-state index contributed by atoms with van der Waals surface area (Å²) in [4.78, 5) is 38.3. The summed E-state index contributed by atoms with van der Waals surface area (Å²) < 4.78 is 33.4. The van der Waals surface area contributed by atoms with Gasteiger partial charge < -0.3 is 29.6 Å². The molecule has 51 heavy (non-hydrogen) atoms. The second kappa shape index (κ2) is 25.2. The largest absolute Gasteiger partial charge is 0.448 e. The van der Waals surface area contributed by atoms with E-state index in [-0.39, 0.29) is 24.3 Å². The zero-order valence-corrected chi connectivity index (χ0v) is 29.2. The van der Waals surface area contributed by atoms with Crippen LogP contribution < -0.4 is 60.5 Å². The Morgan fingerprint density at radius 3 is 2.25 bits per heavy atom. The molecule has 0 radical (unpaired) electrons. The Morgan fingerprint density at radius 1 is 0.784 bits per heavy atom. The molecule has 0 heterocycles. The van der Waals surface area contributed by atoms with Crippen molar-refractivity contribution < 1.29 is 37.8 Å². The standard InChI is InChI=1S/C32H52FN11O7/c1-3-4-17-49-19-14-34-29(45)11-5-8-23-12-13-25-27(21-23)28(22-51-32(47)36-38-40-42-44-43-41-39-37-33)24-9-6-10-26(30(24)25)31(46)35-15-20-50-18-7-16-48-2/h6,9-10,12-13,21,28,37-44H,3-5,7-8,11,14-20,22H2,1-2H3,(H,34,45)(H,35,46)(H,36,47). The summed E-state index contributed by atoms with van der Waals surface area (Å²) in [7, 11) is 1.64. The third-order valence-corrected chi connectivity index (χ3v) is 7.69. The van der Waals surface area contributed by atoms with Crippen molar-refractivity contribution in [2.75, 3.05) is 59.8 Å². The number of benzene rings is 2. The van der Waals surface area contributed by atoms with Crippen LogP contribution in [0.5, 0.6) is 0 Å². The van der Waals surface area contributed by atoms with Gasteiger partial charge in [0.25, 0.3) is 5.91 Å². The van der Waals surface area contributed by atoms with E-state index in [1.165, 1.54) is 0 Å². The van der Waals surface area contributed by atoms with Crippen molar-refractivity contribution in [1.82, 2.24) is 60.5 Å². The first kappa shape index (κ1) is 41.6. The van der Waals surface area contributed by atoms with E-state index in [1.807, 2.05) is 29.8 Å². The van der Waals surface area contributed by atoms with Crippen LogP contribution in [0.1, 0.15) is 72.0 Å². The fourth-order valence-corrected chi connectivity index (χ4v) is 5.33. The number of halogens is 1. The number of aryl methyl sites for hydroxylation is 1. The Bertz CT molecular complexity index is 1340. The van der Waals surface area contributed by atoms with Crippen LogP contribution in [-0.2, 0) is 30.2 Å². The number of carbonyl (C=O) groups is 3. The molecule has 18 nitrogen and oxygen atoms in total. The molecule has 0 saturated heterocycles. The number of hydrogen-bond acceptors (Lipinski definition) is 15. The summed E-state index contributed by atoms with van der Waals surface area (Å²) in [5.74, 6) is -0.612. The average Bonchev–Trinajstić information content (AvgIpc) is 3.45. The van der Waals surface area contributed by atoms with Crippen LogP contribution in [-0.4, -0.2) is 77.7 Å². The van der Waals surface area contributed by atoms with Gasteiger partial charge in [0.2, 0.25) is 5.91 Å². The lowest BCUT2D eigenvalue weighted by molar-refractivity contribution is -0.121. The van der Waals surface area contributed by atoms with E-state index in [4.69, 9.17) is 18.9 Å². The lowest BCUT2D eigenvalue weighted by atomic mass is 9.95. The van der Waals surface area contributed by atoms with E-state index in [0.717, 1.165) is 52.7 Å².